The van der Waals surface area contributed by atoms with Crippen LogP contribution in [0.2, 0.25) is 0 Å². The van der Waals surface area contributed by atoms with Gasteiger partial charge < -0.3 is 15.0 Å². The van der Waals surface area contributed by atoms with E-state index in [0.29, 0.717) is 12.0 Å². The highest BCUT2D eigenvalue weighted by molar-refractivity contribution is 5.66. The topological polar surface area (TPSA) is 58.5 Å². The van der Waals surface area contributed by atoms with Crippen molar-refractivity contribution in [1.29, 1.82) is 0 Å². The Balaban J connectivity index is 1.27. The summed E-state index contributed by atoms with van der Waals surface area (Å²) in [6.45, 7) is 7.75. The molecule has 0 atom stereocenters. The van der Waals surface area contributed by atoms with Crippen molar-refractivity contribution >= 4 is 17.3 Å². The molecule has 0 bridgehead atoms. The summed E-state index contributed by atoms with van der Waals surface area (Å²) in [5, 5.41) is 7.48. The van der Waals surface area contributed by atoms with Crippen LogP contribution in [0.1, 0.15) is 5.56 Å². The molecule has 2 fully saturated rings. The molecule has 31 heavy (non-hydrogen) atoms. The average Bonchev–Trinajstić information content (AvgIpc) is 3.18. The standard InChI is InChI=1S/C22H24F2N6O/c1-15-2-3-18(11-21(15)29-12-20(13-29)28-4-6-31-7-5-28)26-22-25-14-30(27-22)19-9-16(23)8-17(24)10-19/h2-3,8-11,14,20H,4-7,12-13H2,1H3,(H,26,27). The second kappa shape index (κ2) is 8.24. The molecule has 3 aromatic rings. The Morgan fingerprint density at radius 2 is 1.77 bits per heavy atom. The summed E-state index contributed by atoms with van der Waals surface area (Å²) in [5.41, 5.74) is 3.52. The molecule has 2 aliphatic rings. The van der Waals surface area contributed by atoms with Gasteiger partial charge in [-0.2, -0.15) is 4.98 Å². The van der Waals surface area contributed by atoms with Crippen molar-refractivity contribution in [3.63, 3.8) is 0 Å². The first-order valence-corrected chi connectivity index (χ1v) is 10.4. The number of aromatic nitrogens is 3. The Morgan fingerprint density at radius 3 is 2.52 bits per heavy atom. The van der Waals surface area contributed by atoms with Crippen molar-refractivity contribution < 1.29 is 13.5 Å². The molecule has 7 nitrogen and oxygen atoms in total. The Bertz CT molecular complexity index is 1060. The van der Waals surface area contributed by atoms with Gasteiger partial charge in [0.15, 0.2) is 0 Å². The third-order valence-corrected chi connectivity index (χ3v) is 5.83. The van der Waals surface area contributed by atoms with Gasteiger partial charge in [-0.25, -0.2) is 13.5 Å². The normalized spacial score (nSPS) is 17.6. The molecule has 162 valence electrons. The zero-order chi connectivity index (χ0) is 21.4. The Morgan fingerprint density at radius 1 is 1.03 bits per heavy atom. The number of morpholine rings is 1. The van der Waals surface area contributed by atoms with Gasteiger partial charge in [-0.1, -0.05) is 6.07 Å². The van der Waals surface area contributed by atoms with Gasteiger partial charge >= 0.3 is 0 Å². The molecule has 0 spiro atoms. The van der Waals surface area contributed by atoms with Gasteiger partial charge in [0.1, 0.15) is 18.0 Å². The van der Waals surface area contributed by atoms with Crippen LogP contribution in [0.3, 0.4) is 0 Å². The van der Waals surface area contributed by atoms with Gasteiger partial charge in [0.2, 0.25) is 5.95 Å². The summed E-state index contributed by atoms with van der Waals surface area (Å²) in [5.74, 6) is -0.962. The van der Waals surface area contributed by atoms with E-state index < -0.39 is 11.6 Å². The first kappa shape index (κ1) is 19.9. The summed E-state index contributed by atoms with van der Waals surface area (Å²) in [6, 6.07) is 9.95. The van der Waals surface area contributed by atoms with Gasteiger partial charge in [0.25, 0.3) is 0 Å². The Hall–Kier alpha value is -3.04. The SMILES string of the molecule is Cc1ccc(Nc2ncn(-c3cc(F)cc(F)c3)n2)cc1N1CC(N2CCOCC2)C1. The highest BCUT2D eigenvalue weighted by Gasteiger charge is 2.33. The van der Waals surface area contributed by atoms with Crippen LogP contribution in [-0.2, 0) is 4.74 Å². The van der Waals surface area contributed by atoms with E-state index in [9.17, 15) is 8.78 Å². The van der Waals surface area contributed by atoms with Crippen molar-refractivity contribution in [2.45, 2.75) is 13.0 Å². The molecule has 1 N–H and O–H groups in total. The maximum Gasteiger partial charge on any atom is 0.246 e. The average molecular weight is 426 g/mol. The highest BCUT2D eigenvalue weighted by atomic mass is 19.1. The second-order valence-electron chi connectivity index (χ2n) is 7.97. The summed E-state index contributed by atoms with van der Waals surface area (Å²) >= 11 is 0. The van der Waals surface area contributed by atoms with E-state index in [2.05, 4.69) is 44.3 Å². The lowest BCUT2D eigenvalue weighted by Crippen LogP contribution is -2.61. The third-order valence-electron chi connectivity index (χ3n) is 5.83. The molecule has 1 aromatic heterocycles. The van der Waals surface area contributed by atoms with Crippen molar-refractivity contribution in [2.24, 2.45) is 0 Å². The largest absolute Gasteiger partial charge is 0.379 e. The van der Waals surface area contributed by atoms with E-state index in [1.54, 1.807) is 0 Å². The predicted molar refractivity (Wildman–Crippen MR) is 114 cm³/mol. The van der Waals surface area contributed by atoms with Gasteiger partial charge in [-0.3, -0.25) is 4.90 Å². The summed E-state index contributed by atoms with van der Waals surface area (Å²) < 4.78 is 33.7. The number of halogens is 2. The number of hydrogen-bond acceptors (Lipinski definition) is 6. The molecular formula is C22H24F2N6O. The molecule has 0 saturated carbocycles. The third kappa shape index (κ3) is 4.24. The van der Waals surface area contributed by atoms with Crippen LogP contribution < -0.4 is 10.2 Å². The van der Waals surface area contributed by atoms with Crippen LogP contribution in [0.25, 0.3) is 5.69 Å². The minimum absolute atomic E-state index is 0.275. The first-order chi connectivity index (χ1) is 15.0. The zero-order valence-electron chi connectivity index (χ0n) is 17.3. The van der Waals surface area contributed by atoms with Crippen LogP contribution in [0.5, 0.6) is 0 Å². The molecule has 2 aliphatic heterocycles. The second-order valence-corrected chi connectivity index (χ2v) is 7.97. The highest BCUT2D eigenvalue weighted by Crippen LogP contribution is 2.30. The van der Waals surface area contributed by atoms with Crippen molar-refractivity contribution in [3.05, 3.63) is 59.9 Å². The number of aryl methyl sites for hydroxylation is 1. The lowest BCUT2D eigenvalue weighted by molar-refractivity contribution is 0.0105. The van der Waals surface area contributed by atoms with Crippen LogP contribution in [0, 0.1) is 18.6 Å². The van der Waals surface area contributed by atoms with E-state index in [1.807, 2.05) is 6.07 Å². The van der Waals surface area contributed by atoms with Crippen LogP contribution in [0.15, 0.2) is 42.7 Å². The predicted octanol–water partition coefficient (Wildman–Crippen LogP) is 3.12. The van der Waals surface area contributed by atoms with Crippen LogP contribution in [0.4, 0.5) is 26.1 Å². The lowest BCUT2D eigenvalue weighted by Gasteiger charge is -2.48. The minimum Gasteiger partial charge on any atom is -0.379 e. The number of ether oxygens (including phenoxy) is 1. The number of anilines is 3. The molecular weight excluding hydrogens is 402 g/mol. The van der Waals surface area contributed by atoms with Crippen LogP contribution >= 0.6 is 0 Å². The van der Waals surface area contributed by atoms with E-state index in [4.69, 9.17) is 4.74 Å². The number of nitrogens with one attached hydrogen (secondary N) is 1. The number of nitrogens with zero attached hydrogens (tertiary/aromatic N) is 5. The van der Waals surface area contributed by atoms with Gasteiger partial charge in [-0.15, -0.1) is 5.10 Å². The van der Waals surface area contributed by atoms with Gasteiger partial charge in [0.05, 0.1) is 18.9 Å². The van der Waals surface area contributed by atoms with Gasteiger partial charge in [0, 0.05) is 49.7 Å². The molecule has 0 radical (unpaired) electrons. The van der Waals surface area contributed by atoms with E-state index in [1.165, 1.54) is 34.4 Å². The van der Waals surface area contributed by atoms with Crippen molar-refractivity contribution in [3.8, 4) is 5.69 Å². The number of hydrogen-bond donors (Lipinski definition) is 1. The fourth-order valence-electron chi connectivity index (χ4n) is 4.10. The zero-order valence-corrected chi connectivity index (χ0v) is 17.3. The van der Waals surface area contributed by atoms with E-state index in [-0.39, 0.29) is 5.69 Å². The maximum absolute atomic E-state index is 13.5. The summed E-state index contributed by atoms with van der Waals surface area (Å²) in [7, 11) is 0. The van der Waals surface area contributed by atoms with E-state index in [0.717, 1.165) is 51.1 Å². The Kier molecular flexibility index (Phi) is 5.29. The maximum atomic E-state index is 13.5. The molecule has 5 rings (SSSR count). The summed E-state index contributed by atoms with van der Waals surface area (Å²) in [6.07, 6.45) is 1.42. The van der Waals surface area contributed by atoms with E-state index >= 15 is 0 Å². The minimum atomic E-state index is -0.659. The fourth-order valence-corrected chi connectivity index (χ4v) is 4.10. The number of benzene rings is 2. The molecule has 9 heteroatoms. The molecule has 0 aliphatic carbocycles. The first-order valence-electron chi connectivity index (χ1n) is 10.4. The molecule has 2 saturated heterocycles. The number of rotatable bonds is 5. The van der Waals surface area contributed by atoms with Crippen molar-refractivity contribution in [1.82, 2.24) is 19.7 Å². The van der Waals surface area contributed by atoms with Crippen molar-refractivity contribution in [2.75, 3.05) is 49.6 Å². The summed E-state index contributed by atoms with van der Waals surface area (Å²) in [4.78, 5) is 9.10. The molecule has 0 unspecified atom stereocenters. The van der Waals surface area contributed by atoms with Crippen LogP contribution in [-0.4, -0.2) is 65.1 Å². The Labute approximate surface area is 179 Å². The lowest BCUT2D eigenvalue weighted by atomic mass is 10.0. The monoisotopic (exact) mass is 426 g/mol. The smallest absolute Gasteiger partial charge is 0.246 e. The molecule has 3 heterocycles. The quantitative estimate of drug-likeness (QED) is 0.677. The molecule has 0 amide bonds. The van der Waals surface area contributed by atoms with Gasteiger partial charge in [-0.05, 0) is 36.8 Å². The molecule has 2 aromatic carbocycles. The fraction of sp³-hybridized carbons (Fsp3) is 0.364.